The second-order valence-electron chi connectivity index (χ2n) is 3.60. The molecule has 0 saturated carbocycles. The number of para-hydroxylation sites is 1. The number of nitrogens with two attached hydrogens (primary N) is 1. The lowest BCUT2D eigenvalue weighted by Crippen LogP contribution is -2.08. The lowest BCUT2D eigenvalue weighted by atomic mass is 10.1. The summed E-state index contributed by atoms with van der Waals surface area (Å²) >= 11 is 0. The van der Waals surface area contributed by atoms with Gasteiger partial charge in [-0.15, -0.1) is 0 Å². The highest BCUT2D eigenvalue weighted by Crippen LogP contribution is 2.21. The van der Waals surface area contributed by atoms with Gasteiger partial charge in [-0.3, -0.25) is 4.79 Å². The Kier molecular flexibility index (Phi) is 2.56. The van der Waals surface area contributed by atoms with Gasteiger partial charge in [0, 0.05) is 35.8 Å². The molecular weight excluding hydrogens is 188 g/mol. The Morgan fingerprint density at radius 1 is 1.40 bits per heavy atom. The van der Waals surface area contributed by atoms with Crippen LogP contribution in [0.1, 0.15) is 17.3 Å². The Morgan fingerprint density at radius 3 is 2.80 bits per heavy atom. The van der Waals surface area contributed by atoms with E-state index >= 15 is 0 Å². The van der Waals surface area contributed by atoms with Crippen molar-refractivity contribution < 1.29 is 4.79 Å². The van der Waals surface area contributed by atoms with E-state index in [0.717, 1.165) is 23.0 Å². The Labute approximate surface area is 88.5 Å². The summed E-state index contributed by atoms with van der Waals surface area (Å²) in [7, 11) is 0. The molecular formula is C12H14N2O. The molecule has 3 heteroatoms. The first-order valence-electron chi connectivity index (χ1n) is 5.03. The summed E-state index contributed by atoms with van der Waals surface area (Å²) in [5.74, 6) is 0.0990. The third-order valence-electron chi connectivity index (χ3n) is 2.54. The van der Waals surface area contributed by atoms with E-state index in [1.165, 1.54) is 0 Å². The second kappa shape index (κ2) is 3.87. The van der Waals surface area contributed by atoms with Gasteiger partial charge < -0.3 is 10.3 Å². The van der Waals surface area contributed by atoms with Crippen LogP contribution in [0, 0.1) is 0 Å². The number of benzene rings is 1. The molecule has 1 heterocycles. The van der Waals surface area contributed by atoms with Gasteiger partial charge in [0.15, 0.2) is 5.78 Å². The first-order valence-corrected chi connectivity index (χ1v) is 5.03. The van der Waals surface area contributed by atoms with Crippen molar-refractivity contribution >= 4 is 16.7 Å². The summed E-state index contributed by atoms with van der Waals surface area (Å²) in [6.45, 7) is 2.92. The van der Waals surface area contributed by atoms with Crippen LogP contribution >= 0.6 is 0 Å². The van der Waals surface area contributed by atoms with E-state index in [9.17, 15) is 4.79 Å². The van der Waals surface area contributed by atoms with Gasteiger partial charge in [-0.05, 0) is 13.0 Å². The van der Waals surface area contributed by atoms with Crippen molar-refractivity contribution in [2.75, 3.05) is 6.54 Å². The van der Waals surface area contributed by atoms with Crippen LogP contribution in [0.3, 0.4) is 0 Å². The maximum atomic E-state index is 11.4. The number of carbonyl (C=O) groups is 1. The fourth-order valence-corrected chi connectivity index (χ4v) is 1.85. The van der Waals surface area contributed by atoms with Crippen LogP contribution in [-0.2, 0) is 6.54 Å². The molecule has 0 saturated heterocycles. The number of carbonyl (C=O) groups excluding carboxylic acids is 1. The van der Waals surface area contributed by atoms with Crippen molar-refractivity contribution in [3.63, 3.8) is 0 Å². The van der Waals surface area contributed by atoms with E-state index in [1.54, 1.807) is 6.92 Å². The van der Waals surface area contributed by atoms with Gasteiger partial charge in [-0.25, -0.2) is 0 Å². The molecule has 3 nitrogen and oxygen atoms in total. The predicted molar refractivity (Wildman–Crippen MR) is 61.0 cm³/mol. The highest BCUT2D eigenvalue weighted by Gasteiger charge is 2.10. The molecule has 0 fully saturated rings. The van der Waals surface area contributed by atoms with Gasteiger partial charge >= 0.3 is 0 Å². The largest absolute Gasteiger partial charge is 0.345 e. The number of hydrogen-bond acceptors (Lipinski definition) is 2. The molecule has 1 aromatic carbocycles. The maximum absolute atomic E-state index is 11.4. The van der Waals surface area contributed by atoms with Crippen LogP contribution in [0.5, 0.6) is 0 Å². The molecule has 0 unspecified atom stereocenters. The first kappa shape index (κ1) is 9.93. The highest BCUT2D eigenvalue weighted by molar-refractivity contribution is 6.06. The number of ketones is 1. The summed E-state index contributed by atoms with van der Waals surface area (Å²) in [6.07, 6.45) is 1.89. The summed E-state index contributed by atoms with van der Waals surface area (Å²) in [6, 6.07) is 7.90. The lowest BCUT2D eigenvalue weighted by molar-refractivity contribution is 0.101. The monoisotopic (exact) mass is 202 g/mol. The number of hydrogen-bond donors (Lipinski definition) is 1. The first-order chi connectivity index (χ1) is 7.24. The number of aromatic nitrogens is 1. The maximum Gasteiger partial charge on any atom is 0.161 e. The van der Waals surface area contributed by atoms with Gasteiger partial charge in [0.25, 0.3) is 0 Å². The van der Waals surface area contributed by atoms with Crippen molar-refractivity contribution in [2.45, 2.75) is 13.5 Å². The number of rotatable bonds is 3. The Balaban J connectivity index is 2.67. The molecule has 78 valence electrons. The molecule has 0 aliphatic carbocycles. The molecule has 2 rings (SSSR count). The van der Waals surface area contributed by atoms with Gasteiger partial charge in [0.2, 0.25) is 0 Å². The number of fused-ring (bicyclic) bond motifs is 1. The minimum atomic E-state index is 0.0990. The molecule has 0 radical (unpaired) electrons. The van der Waals surface area contributed by atoms with Crippen molar-refractivity contribution in [1.29, 1.82) is 0 Å². The topological polar surface area (TPSA) is 48.0 Å². The van der Waals surface area contributed by atoms with Gasteiger partial charge in [0.05, 0.1) is 0 Å². The smallest absolute Gasteiger partial charge is 0.161 e. The minimum absolute atomic E-state index is 0.0990. The minimum Gasteiger partial charge on any atom is -0.345 e. The zero-order valence-electron chi connectivity index (χ0n) is 8.73. The van der Waals surface area contributed by atoms with Crippen molar-refractivity contribution in [1.82, 2.24) is 4.57 Å². The number of Topliss-reactive ketones (excluding diaryl/α,β-unsaturated/α-hetero) is 1. The van der Waals surface area contributed by atoms with Crippen LogP contribution in [-0.4, -0.2) is 16.9 Å². The summed E-state index contributed by atoms with van der Waals surface area (Å²) in [5.41, 5.74) is 7.39. The Hall–Kier alpha value is -1.61. The standard InChI is InChI=1S/C12H14N2O/c1-9(15)11-8-14(7-6-13)12-5-3-2-4-10(11)12/h2-5,8H,6-7,13H2,1H3. The van der Waals surface area contributed by atoms with Crippen molar-refractivity contribution in [3.05, 3.63) is 36.0 Å². The van der Waals surface area contributed by atoms with Crippen LogP contribution in [0.15, 0.2) is 30.5 Å². The average Bonchev–Trinajstić information content (AvgIpc) is 2.59. The molecule has 0 aliphatic rings. The van der Waals surface area contributed by atoms with Gasteiger partial charge in [-0.2, -0.15) is 0 Å². The van der Waals surface area contributed by atoms with Crippen LogP contribution in [0.25, 0.3) is 10.9 Å². The number of nitrogens with zero attached hydrogens (tertiary/aromatic N) is 1. The molecule has 0 atom stereocenters. The molecule has 0 aliphatic heterocycles. The molecule has 0 bridgehead atoms. The second-order valence-corrected chi connectivity index (χ2v) is 3.60. The Morgan fingerprint density at radius 2 is 2.13 bits per heavy atom. The summed E-state index contributed by atoms with van der Waals surface area (Å²) in [5, 5.41) is 1.01. The van der Waals surface area contributed by atoms with Gasteiger partial charge in [0.1, 0.15) is 0 Å². The lowest BCUT2D eigenvalue weighted by Gasteiger charge is -2.00. The van der Waals surface area contributed by atoms with Crippen LogP contribution in [0.2, 0.25) is 0 Å². The van der Waals surface area contributed by atoms with E-state index in [-0.39, 0.29) is 5.78 Å². The van der Waals surface area contributed by atoms with Gasteiger partial charge in [-0.1, -0.05) is 18.2 Å². The molecule has 2 aromatic rings. The van der Waals surface area contributed by atoms with Crippen LogP contribution in [0.4, 0.5) is 0 Å². The zero-order valence-corrected chi connectivity index (χ0v) is 8.73. The predicted octanol–water partition coefficient (Wildman–Crippen LogP) is 1.80. The third kappa shape index (κ3) is 1.66. The van der Waals surface area contributed by atoms with Crippen molar-refractivity contribution in [2.24, 2.45) is 5.73 Å². The summed E-state index contributed by atoms with van der Waals surface area (Å²) < 4.78 is 2.03. The summed E-state index contributed by atoms with van der Waals surface area (Å²) in [4.78, 5) is 11.4. The average molecular weight is 202 g/mol. The fraction of sp³-hybridized carbons (Fsp3) is 0.250. The van der Waals surface area contributed by atoms with Crippen molar-refractivity contribution in [3.8, 4) is 0 Å². The molecule has 15 heavy (non-hydrogen) atoms. The zero-order chi connectivity index (χ0) is 10.8. The van der Waals surface area contributed by atoms with E-state index in [4.69, 9.17) is 5.73 Å². The molecule has 0 amide bonds. The Bertz CT molecular complexity index is 499. The molecule has 1 aromatic heterocycles. The molecule has 0 spiro atoms. The molecule has 2 N–H and O–H groups in total. The normalized spacial score (nSPS) is 10.8. The van der Waals surface area contributed by atoms with E-state index in [0.29, 0.717) is 6.54 Å². The highest BCUT2D eigenvalue weighted by atomic mass is 16.1. The quantitative estimate of drug-likeness (QED) is 0.771. The van der Waals surface area contributed by atoms with E-state index < -0.39 is 0 Å². The SMILES string of the molecule is CC(=O)c1cn(CCN)c2ccccc12. The third-order valence-corrected chi connectivity index (χ3v) is 2.54. The fourth-order valence-electron chi connectivity index (χ4n) is 1.85. The van der Waals surface area contributed by atoms with E-state index in [2.05, 4.69) is 0 Å². The van der Waals surface area contributed by atoms with E-state index in [1.807, 2.05) is 35.0 Å². The van der Waals surface area contributed by atoms with Crippen LogP contribution < -0.4 is 5.73 Å².